The van der Waals surface area contributed by atoms with E-state index in [1.54, 1.807) is 0 Å². The molecular weight excluding hydrogens is 191 g/mol. The molecule has 0 amide bonds. The van der Waals surface area contributed by atoms with Gasteiger partial charge in [0.2, 0.25) is 0 Å². The van der Waals surface area contributed by atoms with E-state index < -0.39 is 0 Å². The van der Waals surface area contributed by atoms with Crippen molar-refractivity contribution in [3.8, 4) is 0 Å². The average molecular weight is 214 g/mol. The molecule has 3 heteroatoms. The van der Waals surface area contributed by atoms with E-state index in [9.17, 15) is 0 Å². The van der Waals surface area contributed by atoms with Crippen molar-refractivity contribution in [1.82, 2.24) is 0 Å². The summed E-state index contributed by atoms with van der Waals surface area (Å²) in [4.78, 5) is 9.99. The third kappa shape index (κ3) is 16.2. The van der Waals surface area contributed by atoms with E-state index in [1.165, 1.54) is 0 Å². The van der Waals surface area contributed by atoms with Crippen LogP contribution in [0.4, 0.5) is 0 Å². The van der Waals surface area contributed by atoms with Crippen LogP contribution in [0.15, 0.2) is 0 Å². The molecular formula is C10H23KO2. The van der Waals surface area contributed by atoms with Crippen LogP contribution >= 0.6 is 0 Å². The minimum atomic E-state index is 0. The van der Waals surface area contributed by atoms with Crippen LogP contribution in [0, 0.1) is 11.8 Å². The first-order chi connectivity index (χ1) is 5.63. The van der Waals surface area contributed by atoms with Gasteiger partial charge in [0.1, 0.15) is 0 Å². The van der Waals surface area contributed by atoms with Crippen LogP contribution in [0.1, 0.15) is 42.0 Å². The third-order valence-electron chi connectivity index (χ3n) is 1.64. The van der Waals surface area contributed by atoms with Gasteiger partial charge in [0.25, 0.3) is 0 Å². The Morgan fingerprint density at radius 2 is 1.15 bits per heavy atom. The molecule has 0 aliphatic heterocycles. The maximum absolute atomic E-state index is 4.99. The molecule has 0 rings (SSSR count). The summed E-state index contributed by atoms with van der Waals surface area (Å²) >= 11 is 0. The summed E-state index contributed by atoms with van der Waals surface area (Å²) in [5, 5.41) is 0. The van der Waals surface area contributed by atoms with Crippen LogP contribution in [0.3, 0.4) is 0 Å². The van der Waals surface area contributed by atoms with Gasteiger partial charge in [-0.05, 0) is 24.7 Å². The normalized spacial score (nSPS) is 10.6. The van der Waals surface area contributed by atoms with Crippen molar-refractivity contribution >= 4 is 0 Å². The molecule has 13 heavy (non-hydrogen) atoms. The van der Waals surface area contributed by atoms with Crippen LogP contribution in [0.2, 0.25) is 0 Å². The maximum atomic E-state index is 4.99. The third-order valence-corrected chi connectivity index (χ3v) is 1.64. The molecule has 0 saturated heterocycles. The molecule has 0 bridgehead atoms. The van der Waals surface area contributed by atoms with Gasteiger partial charge < -0.3 is 1.43 Å². The molecule has 0 aliphatic rings. The Morgan fingerprint density at radius 1 is 0.846 bits per heavy atom. The summed E-state index contributed by atoms with van der Waals surface area (Å²) < 4.78 is 0. The van der Waals surface area contributed by atoms with Crippen LogP contribution in [0.5, 0.6) is 0 Å². The van der Waals surface area contributed by atoms with Crippen LogP contribution in [-0.2, 0) is 9.78 Å². The molecule has 0 unspecified atom stereocenters. The van der Waals surface area contributed by atoms with Gasteiger partial charge in [0, 0.05) is 0 Å². The van der Waals surface area contributed by atoms with E-state index in [0.717, 1.165) is 26.1 Å². The Morgan fingerprint density at radius 3 is 1.38 bits per heavy atom. The Hall–Kier alpha value is 1.56. The molecule has 0 atom stereocenters. The summed E-state index contributed by atoms with van der Waals surface area (Å²) in [6.45, 7) is 10.1. The van der Waals surface area contributed by atoms with Gasteiger partial charge >= 0.3 is 51.4 Å². The molecule has 0 heterocycles. The largest absolute Gasteiger partial charge is 1.00 e. The fourth-order valence-electron chi connectivity index (χ4n) is 0.685. The zero-order valence-electron chi connectivity index (χ0n) is 10.8. The van der Waals surface area contributed by atoms with Crippen molar-refractivity contribution in [2.75, 3.05) is 13.2 Å². The molecule has 0 aromatic rings. The molecule has 76 valence electrons. The number of rotatable bonds is 7. The molecule has 2 nitrogen and oxygen atoms in total. The molecule has 0 radical (unpaired) electrons. The molecule has 0 N–H and O–H groups in total. The molecule has 0 aromatic carbocycles. The van der Waals surface area contributed by atoms with Gasteiger partial charge in [-0.1, -0.05) is 27.7 Å². The van der Waals surface area contributed by atoms with Gasteiger partial charge in [0.15, 0.2) is 0 Å². The first-order valence-electron chi connectivity index (χ1n) is 4.87. The molecule has 0 aromatic heterocycles. The fourth-order valence-corrected chi connectivity index (χ4v) is 0.685. The van der Waals surface area contributed by atoms with Crippen molar-refractivity contribution in [3.05, 3.63) is 0 Å². The van der Waals surface area contributed by atoms with Crippen LogP contribution < -0.4 is 51.4 Å². The van der Waals surface area contributed by atoms with Crippen LogP contribution in [0.25, 0.3) is 0 Å². The summed E-state index contributed by atoms with van der Waals surface area (Å²) in [6, 6.07) is 0. The average Bonchev–Trinajstić information content (AvgIpc) is 1.95. The van der Waals surface area contributed by atoms with Crippen molar-refractivity contribution in [1.29, 1.82) is 0 Å². The second kappa shape index (κ2) is 11.6. The van der Waals surface area contributed by atoms with E-state index >= 15 is 0 Å². The van der Waals surface area contributed by atoms with Crippen molar-refractivity contribution in [2.45, 2.75) is 40.5 Å². The van der Waals surface area contributed by atoms with Crippen molar-refractivity contribution in [3.63, 3.8) is 0 Å². The Bertz CT molecular complexity index is 88.1. The van der Waals surface area contributed by atoms with Crippen molar-refractivity contribution < 1.29 is 62.6 Å². The Balaban J connectivity index is -0.000000605. The monoisotopic (exact) mass is 214 g/mol. The van der Waals surface area contributed by atoms with Crippen molar-refractivity contribution in [2.24, 2.45) is 11.8 Å². The minimum absolute atomic E-state index is 0. The Labute approximate surface area is 127 Å². The standard InChI is InChI=1S/C10H22O2.K.H/c1-9(2)5-7-11-12-8-6-10(3)4;;/h9-10H,5-8H2,1-4H3;;/q;+1;-1. The molecule has 0 fully saturated rings. The fraction of sp³-hybridized carbons (Fsp3) is 1.00. The number of hydrogen-bond acceptors (Lipinski definition) is 2. The predicted molar refractivity (Wildman–Crippen MR) is 51.9 cm³/mol. The zero-order chi connectivity index (χ0) is 9.40. The van der Waals surface area contributed by atoms with E-state index in [1.807, 2.05) is 0 Å². The molecule has 0 spiro atoms. The first kappa shape index (κ1) is 17.0. The summed E-state index contributed by atoms with van der Waals surface area (Å²) in [5.41, 5.74) is 0. The van der Waals surface area contributed by atoms with Gasteiger partial charge in [-0.15, -0.1) is 0 Å². The van der Waals surface area contributed by atoms with Gasteiger partial charge in [-0.2, -0.15) is 0 Å². The number of hydrogen-bond donors (Lipinski definition) is 0. The minimum Gasteiger partial charge on any atom is -1.00 e. The second-order valence-electron chi connectivity index (χ2n) is 4.01. The predicted octanol–water partition coefficient (Wildman–Crippen LogP) is 0.143. The maximum Gasteiger partial charge on any atom is 1.00 e. The Kier molecular flexibility index (Phi) is 15.2. The van der Waals surface area contributed by atoms with Gasteiger partial charge in [0.05, 0.1) is 13.2 Å². The van der Waals surface area contributed by atoms with E-state index in [-0.39, 0.29) is 52.8 Å². The summed E-state index contributed by atoms with van der Waals surface area (Å²) in [5.74, 6) is 1.39. The van der Waals surface area contributed by atoms with Crippen LogP contribution in [-0.4, -0.2) is 13.2 Å². The van der Waals surface area contributed by atoms with E-state index in [4.69, 9.17) is 9.78 Å². The SMILES string of the molecule is CC(C)CCOOCCC(C)C.[H-].[K+]. The first-order valence-corrected chi connectivity index (χ1v) is 4.87. The van der Waals surface area contributed by atoms with Gasteiger partial charge in [-0.25, -0.2) is 9.78 Å². The summed E-state index contributed by atoms with van der Waals surface area (Å²) in [6.07, 6.45) is 2.14. The summed E-state index contributed by atoms with van der Waals surface area (Å²) in [7, 11) is 0. The van der Waals surface area contributed by atoms with E-state index in [0.29, 0.717) is 11.8 Å². The van der Waals surface area contributed by atoms with E-state index in [2.05, 4.69) is 27.7 Å². The molecule has 0 aliphatic carbocycles. The molecule has 0 saturated carbocycles. The topological polar surface area (TPSA) is 18.5 Å². The second-order valence-corrected chi connectivity index (χ2v) is 4.01. The van der Waals surface area contributed by atoms with Gasteiger partial charge in [-0.3, -0.25) is 0 Å². The zero-order valence-corrected chi connectivity index (χ0v) is 12.9. The smallest absolute Gasteiger partial charge is 1.00 e. The quantitative estimate of drug-likeness (QED) is 0.260.